The van der Waals surface area contributed by atoms with Gasteiger partial charge in [-0.05, 0) is 45.8 Å². The summed E-state index contributed by atoms with van der Waals surface area (Å²) in [7, 11) is 0. The first-order valence-electron chi connectivity index (χ1n) is 11.5. The van der Waals surface area contributed by atoms with E-state index < -0.39 is 0 Å². The minimum Gasteiger partial charge on any atom is -0.456 e. The highest BCUT2D eigenvalue weighted by atomic mass is 16.3. The number of hydrogen-bond donors (Lipinski definition) is 0. The van der Waals surface area contributed by atoms with Gasteiger partial charge in [0.1, 0.15) is 11.2 Å². The second-order valence-corrected chi connectivity index (χ2v) is 9.26. The average molecular weight is 417 g/mol. The fourth-order valence-electron chi connectivity index (χ4n) is 6.62. The lowest BCUT2D eigenvalue weighted by Crippen LogP contribution is -2.47. The summed E-state index contributed by atoms with van der Waals surface area (Å²) in [4.78, 5) is 0. The number of fused-ring (bicyclic) bond motifs is 12. The first kappa shape index (κ1) is 16.4. The Hall–Kier alpha value is -4.24. The van der Waals surface area contributed by atoms with E-state index in [1.54, 1.807) is 0 Å². The van der Waals surface area contributed by atoms with Gasteiger partial charge in [-0.2, -0.15) is 0 Å². The first-order valence-corrected chi connectivity index (χ1v) is 11.5. The molecule has 4 heterocycles. The lowest BCUT2D eigenvalue weighted by atomic mass is 9.50. The monoisotopic (exact) mass is 417 g/mol. The van der Waals surface area contributed by atoms with Gasteiger partial charge >= 0.3 is 6.85 Å². The van der Waals surface area contributed by atoms with Crippen LogP contribution >= 0.6 is 0 Å². The Morgan fingerprint density at radius 3 is 2.30 bits per heavy atom. The smallest absolute Gasteiger partial charge is 0.330 e. The molecule has 2 aromatic heterocycles. The van der Waals surface area contributed by atoms with Crippen LogP contribution in [0.2, 0.25) is 0 Å². The maximum atomic E-state index is 6.28. The van der Waals surface area contributed by atoms with E-state index >= 15 is 0 Å². The lowest BCUT2D eigenvalue weighted by Gasteiger charge is -2.24. The van der Waals surface area contributed by atoms with Gasteiger partial charge in [0.15, 0.2) is 0 Å². The molecule has 33 heavy (non-hydrogen) atoms. The second kappa shape index (κ2) is 5.39. The van der Waals surface area contributed by atoms with Gasteiger partial charge in [0.2, 0.25) is 0 Å². The van der Waals surface area contributed by atoms with Crippen molar-refractivity contribution in [1.29, 1.82) is 0 Å². The van der Waals surface area contributed by atoms with E-state index in [0.29, 0.717) is 0 Å². The molecule has 3 heteroatoms. The predicted octanol–water partition coefficient (Wildman–Crippen LogP) is 6.31. The van der Waals surface area contributed by atoms with Crippen LogP contribution in [0.25, 0.3) is 66.0 Å². The van der Waals surface area contributed by atoms with E-state index in [4.69, 9.17) is 4.42 Å². The van der Waals surface area contributed by atoms with Crippen LogP contribution in [0.1, 0.15) is 0 Å². The van der Waals surface area contributed by atoms with Crippen molar-refractivity contribution in [2.45, 2.75) is 0 Å². The molecule has 0 radical (unpaired) electrons. The van der Waals surface area contributed by atoms with Crippen LogP contribution in [0.5, 0.6) is 0 Å². The van der Waals surface area contributed by atoms with E-state index in [1.165, 1.54) is 65.8 Å². The van der Waals surface area contributed by atoms with Gasteiger partial charge in [-0.15, -0.1) is 0 Å². The lowest BCUT2D eigenvalue weighted by molar-refractivity contribution is 0.669. The summed E-state index contributed by atoms with van der Waals surface area (Å²) < 4.78 is 8.86. The SMILES string of the molecule is c1cc2c3c(c1)-c1cccc4c5ccccc5n(c14)B3c1ccc3oc4ccccc4c3c1-2. The van der Waals surface area contributed by atoms with E-state index in [0.717, 1.165) is 11.2 Å². The van der Waals surface area contributed by atoms with E-state index in [9.17, 15) is 0 Å². The third kappa shape index (κ3) is 1.75. The van der Waals surface area contributed by atoms with Crippen molar-refractivity contribution in [3.05, 3.63) is 97.1 Å². The maximum Gasteiger partial charge on any atom is 0.330 e. The summed E-state index contributed by atoms with van der Waals surface area (Å²) in [6.45, 7) is 0.168. The molecule has 0 fully saturated rings. The fourth-order valence-corrected chi connectivity index (χ4v) is 6.62. The molecule has 2 aliphatic heterocycles. The Morgan fingerprint density at radius 1 is 0.576 bits per heavy atom. The van der Waals surface area contributed by atoms with Crippen molar-refractivity contribution in [2.24, 2.45) is 0 Å². The normalized spacial score (nSPS) is 13.4. The van der Waals surface area contributed by atoms with Crippen molar-refractivity contribution in [3.8, 4) is 22.3 Å². The van der Waals surface area contributed by atoms with E-state index in [1.807, 2.05) is 6.07 Å². The summed E-state index contributed by atoms with van der Waals surface area (Å²) in [6.07, 6.45) is 0. The Morgan fingerprint density at radius 2 is 1.33 bits per heavy atom. The minimum atomic E-state index is 0.168. The number of aromatic nitrogens is 1. The van der Waals surface area contributed by atoms with Crippen molar-refractivity contribution >= 4 is 61.5 Å². The first-order chi connectivity index (χ1) is 16.4. The number of rotatable bonds is 0. The van der Waals surface area contributed by atoms with Gasteiger partial charge in [-0.3, -0.25) is 0 Å². The number of benzene rings is 5. The average Bonchev–Trinajstić information content (AvgIpc) is 3.51. The Kier molecular flexibility index (Phi) is 2.68. The highest BCUT2D eigenvalue weighted by Crippen LogP contribution is 2.44. The second-order valence-electron chi connectivity index (χ2n) is 9.26. The zero-order chi connectivity index (χ0) is 21.3. The van der Waals surface area contributed by atoms with Crippen LogP contribution in [0.3, 0.4) is 0 Å². The zero-order valence-electron chi connectivity index (χ0n) is 17.7. The summed E-state index contributed by atoms with van der Waals surface area (Å²) in [6, 6.07) is 35.3. The molecule has 150 valence electrons. The quantitative estimate of drug-likeness (QED) is 0.265. The highest BCUT2D eigenvalue weighted by Gasteiger charge is 2.42. The van der Waals surface area contributed by atoms with Crippen LogP contribution in [0, 0.1) is 0 Å². The van der Waals surface area contributed by atoms with E-state index in [-0.39, 0.29) is 6.85 Å². The Bertz CT molecular complexity index is 1990. The molecular formula is C30H16BNO. The molecule has 0 saturated heterocycles. The van der Waals surface area contributed by atoms with Crippen LogP contribution in [-0.4, -0.2) is 11.3 Å². The molecule has 2 nitrogen and oxygen atoms in total. The maximum absolute atomic E-state index is 6.28. The summed E-state index contributed by atoms with van der Waals surface area (Å²) >= 11 is 0. The molecule has 0 bridgehead atoms. The van der Waals surface area contributed by atoms with Gasteiger partial charge in [0.05, 0.1) is 0 Å². The molecule has 7 aromatic rings. The Labute approximate surface area is 189 Å². The molecule has 0 spiro atoms. The molecule has 0 aliphatic carbocycles. The molecule has 0 unspecified atom stereocenters. The summed E-state index contributed by atoms with van der Waals surface area (Å²) in [5.41, 5.74) is 12.7. The summed E-state index contributed by atoms with van der Waals surface area (Å²) in [5.74, 6) is 0. The summed E-state index contributed by atoms with van der Waals surface area (Å²) in [5, 5.41) is 5.10. The van der Waals surface area contributed by atoms with Crippen molar-refractivity contribution in [1.82, 2.24) is 4.48 Å². The molecule has 0 amide bonds. The van der Waals surface area contributed by atoms with Crippen LogP contribution < -0.4 is 10.9 Å². The van der Waals surface area contributed by atoms with Crippen molar-refractivity contribution < 1.29 is 4.42 Å². The number of nitrogens with zero attached hydrogens (tertiary/aromatic N) is 1. The van der Waals surface area contributed by atoms with Crippen LogP contribution in [0.4, 0.5) is 0 Å². The van der Waals surface area contributed by atoms with Gasteiger partial charge in [-0.1, -0.05) is 78.9 Å². The third-order valence-corrected chi connectivity index (χ3v) is 7.80. The van der Waals surface area contributed by atoms with Gasteiger partial charge in [0.25, 0.3) is 0 Å². The third-order valence-electron chi connectivity index (χ3n) is 7.80. The van der Waals surface area contributed by atoms with Crippen LogP contribution in [-0.2, 0) is 0 Å². The van der Waals surface area contributed by atoms with Crippen molar-refractivity contribution in [3.63, 3.8) is 0 Å². The molecule has 2 aliphatic rings. The standard InChI is InChI=1S/C30H16BNO/c1-3-13-24-17(7-1)19-10-6-11-20-18-9-5-12-22-27-23(31(29(18)22)32(24)30(19)20)15-16-26-28(27)21-8-2-4-14-25(21)33-26/h1-16H. The zero-order valence-corrected chi connectivity index (χ0v) is 17.7. The Balaban J connectivity index is 1.55. The molecule has 0 N–H and O–H groups in total. The van der Waals surface area contributed by atoms with Crippen LogP contribution in [0.15, 0.2) is 101 Å². The van der Waals surface area contributed by atoms with Gasteiger partial charge in [0, 0.05) is 38.1 Å². The molecular weight excluding hydrogens is 401 g/mol. The fraction of sp³-hybridized carbons (Fsp3) is 0. The number of hydrogen-bond acceptors (Lipinski definition) is 1. The number of para-hydroxylation sites is 3. The molecule has 9 rings (SSSR count). The van der Waals surface area contributed by atoms with Gasteiger partial charge < -0.3 is 8.90 Å². The molecule has 0 saturated carbocycles. The largest absolute Gasteiger partial charge is 0.456 e. The highest BCUT2D eigenvalue weighted by molar-refractivity contribution is 6.91. The van der Waals surface area contributed by atoms with Gasteiger partial charge in [-0.25, -0.2) is 0 Å². The molecule has 0 atom stereocenters. The number of furan rings is 1. The molecule has 5 aromatic carbocycles. The minimum absolute atomic E-state index is 0.168. The topological polar surface area (TPSA) is 18.1 Å². The van der Waals surface area contributed by atoms with E-state index in [2.05, 4.69) is 95.5 Å². The van der Waals surface area contributed by atoms with Crippen molar-refractivity contribution in [2.75, 3.05) is 0 Å². The predicted molar refractivity (Wildman–Crippen MR) is 138 cm³/mol.